The molecule has 3 aromatic rings. The summed E-state index contributed by atoms with van der Waals surface area (Å²) in [5, 5.41) is 16.3. The number of aromatic nitrogens is 3. The zero-order valence-corrected chi connectivity index (χ0v) is 10.9. The van der Waals surface area contributed by atoms with Crippen LogP contribution in [-0.2, 0) is 6.42 Å². The van der Waals surface area contributed by atoms with E-state index in [4.69, 9.17) is 5.11 Å². The lowest BCUT2D eigenvalue weighted by Crippen LogP contribution is -2.06. The minimum absolute atomic E-state index is 0.104. The molecular weight excluding hydrogens is 270 g/mol. The summed E-state index contributed by atoms with van der Waals surface area (Å²) in [7, 11) is 0. The second kappa shape index (κ2) is 5.16. The molecule has 0 amide bonds. The van der Waals surface area contributed by atoms with E-state index >= 15 is 0 Å². The van der Waals surface area contributed by atoms with E-state index in [1.165, 1.54) is 12.1 Å². The van der Waals surface area contributed by atoms with Crippen LogP contribution in [0, 0.1) is 0 Å². The summed E-state index contributed by atoms with van der Waals surface area (Å²) in [4.78, 5) is 27.3. The normalized spacial score (nSPS) is 10.7. The maximum Gasteiger partial charge on any atom is 0.335 e. The van der Waals surface area contributed by atoms with E-state index in [0.717, 1.165) is 0 Å². The number of hydrogen-bond donors (Lipinski definition) is 2. The van der Waals surface area contributed by atoms with Gasteiger partial charge in [-0.15, -0.1) is 0 Å². The third-order valence-electron chi connectivity index (χ3n) is 3.15. The maximum absolute atomic E-state index is 12.3. The van der Waals surface area contributed by atoms with E-state index in [1.807, 2.05) is 0 Å². The van der Waals surface area contributed by atoms with Crippen LogP contribution >= 0.6 is 0 Å². The number of benzene rings is 1. The van der Waals surface area contributed by atoms with Gasteiger partial charge in [-0.1, -0.05) is 12.1 Å². The van der Waals surface area contributed by atoms with Gasteiger partial charge in [0.05, 0.1) is 5.56 Å². The number of carbonyl (C=O) groups excluding carboxylic acids is 1. The van der Waals surface area contributed by atoms with Gasteiger partial charge in [0, 0.05) is 18.0 Å². The molecule has 0 aliphatic carbocycles. The molecule has 3 rings (SSSR count). The number of nitrogens with one attached hydrogen (secondary N) is 1. The van der Waals surface area contributed by atoms with Crippen LogP contribution in [0.15, 0.2) is 42.6 Å². The molecule has 0 saturated heterocycles. The predicted octanol–water partition coefficient (Wildman–Crippen LogP) is 2.08. The quantitative estimate of drug-likeness (QED) is 0.714. The van der Waals surface area contributed by atoms with Gasteiger partial charge in [-0.2, -0.15) is 5.10 Å². The highest BCUT2D eigenvalue weighted by Crippen LogP contribution is 2.16. The topological polar surface area (TPSA) is 95.9 Å². The molecular formula is C15H11N3O3. The van der Waals surface area contributed by atoms with E-state index in [-0.39, 0.29) is 17.8 Å². The first-order valence-electron chi connectivity index (χ1n) is 6.29. The molecule has 0 bridgehead atoms. The number of hydrogen-bond acceptors (Lipinski definition) is 4. The Balaban J connectivity index is 1.90. The second-order valence-electron chi connectivity index (χ2n) is 4.58. The molecule has 0 aliphatic heterocycles. The van der Waals surface area contributed by atoms with E-state index < -0.39 is 5.97 Å². The van der Waals surface area contributed by atoms with Crippen LogP contribution in [0.1, 0.15) is 26.4 Å². The van der Waals surface area contributed by atoms with Gasteiger partial charge in [-0.25, -0.2) is 9.78 Å². The van der Waals surface area contributed by atoms with Gasteiger partial charge < -0.3 is 5.11 Å². The smallest absolute Gasteiger partial charge is 0.335 e. The van der Waals surface area contributed by atoms with Crippen molar-refractivity contribution in [3.8, 4) is 0 Å². The number of fused-ring (bicyclic) bond motifs is 1. The van der Waals surface area contributed by atoms with Crippen LogP contribution < -0.4 is 0 Å². The highest BCUT2D eigenvalue weighted by Gasteiger charge is 2.15. The van der Waals surface area contributed by atoms with Crippen LogP contribution in [-0.4, -0.2) is 32.0 Å². The standard InChI is InChI=1S/C15H11N3O3/c19-12(8-9-3-1-4-10(7-9)15(20)21)13-11-5-2-6-16-14(11)18-17-13/h1-7H,8H2,(H,20,21)(H,16,17,18). The third-order valence-corrected chi connectivity index (χ3v) is 3.15. The molecule has 21 heavy (non-hydrogen) atoms. The molecule has 2 heterocycles. The van der Waals surface area contributed by atoms with Gasteiger partial charge in [0.15, 0.2) is 11.4 Å². The summed E-state index contributed by atoms with van der Waals surface area (Å²) in [6.07, 6.45) is 1.71. The van der Waals surface area contributed by atoms with Crippen molar-refractivity contribution in [2.45, 2.75) is 6.42 Å². The van der Waals surface area contributed by atoms with Crippen molar-refractivity contribution in [3.63, 3.8) is 0 Å². The summed E-state index contributed by atoms with van der Waals surface area (Å²) in [5.41, 5.74) is 1.68. The van der Waals surface area contributed by atoms with Gasteiger partial charge in [-0.05, 0) is 29.8 Å². The molecule has 0 fully saturated rings. The highest BCUT2D eigenvalue weighted by atomic mass is 16.4. The van der Waals surface area contributed by atoms with Crippen LogP contribution in [0.5, 0.6) is 0 Å². The average Bonchev–Trinajstić information content (AvgIpc) is 2.91. The number of carbonyl (C=O) groups is 2. The molecule has 6 heteroatoms. The third kappa shape index (κ3) is 2.51. The number of pyridine rings is 1. The molecule has 2 N–H and O–H groups in total. The average molecular weight is 281 g/mol. The van der Waals surface area contributed by atoms with Gasteiger partial charge in [0.25, 0.3) is 0 Å². The first-order valence-corrected chi connectivity index (χ1v) is 6.29. The minimum Gasteiger partial charge on any atom is -0.478 e. The Labute approximate surface area is 119 Å². The largest absolute Gasteiger partial charge is 0.478 e. The summed E-state index contributed by atoms with van der Waals surface area (Å²) in [6.45, 7) is 0. The van der Waals surface area contributed by atoms with Crippen LogP contribution in [0.2, 0.25) is 0 Å². The molecule has 0 aliphatic rings. The number of ketones is 1. The molecule has 0 saturated carbocycles. The van der Waals surface area contributed by atoms with Crippen LogP contribution in [0.4, 0.5) is 0 Å². The Morgan fingerprint density at radius 3 is 2.86 bits per heavy atom. The molecule has 2 aromatic heterocycles. The zero-order chi connectivity index (χ0) is 14.8. The first kappa shape index (κ1) is 13.0. The summed E-state index contributed by atoms with van der Waals surface area (Å²) >= 11 is 0. The number of carboxylic acid groups (broad SMARTS) is 1. The van der Waals surface area contributed by atoms with Crippen molar-refractivity contribution in [1.29, 1.82) is 0 Å². The number of carboxylic acids is 1. The Hall–Kier alpha value is -3.02. The second-order valence-corrected chi connectivity index (χ2v) is 4.58. The number of aromatic carboxylic acids is 1. The predicted molar refractivity (Wildman–Crippen MR) is 75.3 cm³/mol. The lowest BCUT2D eigenvalue weighted by atomic mass is 10.0. The lowest BCUT2D eigenvalue weighted by Gasteiger charge is -2.01. The fourth-order valence-electron chi connectivity index (χ4n) is 2.15. The summed E-state index contributed by atoms with van der Waals surface area (Å²) in [5.74, 6) is -1.17. The van der Waals surface area contributed by atoms with Gasteiger partial charge in [0.1, 0.15) is 5.69 Å². The molecule has 0 radical (unpaired) electrons. The Morgan fingerprint density at radius 2 is 2.05 bits per heavy atom. The van der Waals surface area contributed by atoms with E-state index in [2.05, 4.69) is 15.2 Å². The minimum atomic E-state index is -1.01. The van der Waals surface area contributed by atoms with E-state index in [0.29, 0.717) is 22.3 Å². The van der Waals surface area contributed by atoms with Gasteiger partial charge in [0.2, 0.25) is 0 Å². The van der Waals surface area contributed by atoms with Gasteiger partial charge >= 0.3 is 5.97 Å². The maximum atomic E-state index is 12.3. The molecule has 6 nitrogen and oxygen atoms in total. The van der Waals surface area contributed by atoms with Crippen LogP contribution in [0.3, 0.4) is 0 Å². The lowest BCUT2D eigenvalue weighted by molar-refractivity contribution is 0.0696. The Morgan fingerprint density at radius 1 is 1.19 bits per heavy atom. The summed E-state index contributed by atoms with van der Waals surface area (Å²) < 4.78 is 0. The van der Waals surface area contributed by atoms with E-state index in [1.54, 1.807) is 30.5 Å². The monoisotopic (exact) mass is 281 g/mol. The number of rotatable bonds is 4. The number of nitrogens with zero attached hydrogens (tertiary/aromatic N) is 2. The van der Waals surface area contributed by atoms with Crippen molar-refractivity contribution < 1.29 is 14.7 Å². The van der Waals surface area contributed by atoms with Crippen molar-refractivity contribution in [1.82, 2.24) is 15.2 Å². The zero-order valence-electron chi connectivity index (χ0n) is 10.9. The summed E-state index contributed by atoms with van der Waals surface area (Å²) in [6, 6.07) is 9.84. The molecule has 0 unspecified atom stereocenters. The van der Waals surface area contributed by atoms with Crippen molar-refractivity contribution in [2.75, 3.05) is 0 Å². The molecule has 1 aromatic carbocycles. The molecule has 0 atom stereocenters. The number of H-pyrrole nitrogens is 1. The molecule has 104 valence electrons. The van der Waals surface area contributed by atoms with Gasteiger partial charge in [-0.3, -0.25) is 9.89 Å². The van der Waals surface area contributed by atoms with Crippen molar-refractivity contribution in [2.24, 2.45) is 0 Å². The number of aromatic amines is 1. The fourth-order valence-corrected chi connectivity index (χ4v) is 2.15. The highest BCUT2D eigenvalue weighted by molar-refractivity contribution is 6.06. The van der Waals surface area contributed by atoms with Crippen LogP contribution in [0.25, 0.3) is 11.0 Å². The first-order chi connectivity index (χ1) is 10.1. The van der Waals surface area contributed by atoms with Crippen molar-refractivity contribution in [3.05, 3.63) is 59.4 Å². The molecule has 0 spiro atoms. The van der Waals surface area contributed by atoms with Crippen molar-refractivity contribution >= 4 is 22.8 Å². The Bertz CT molecular complexity index is 839. The number of Topliss-reactive ketones (excluding diaryl/α,β-unsaturated/α-hetero) is 1. The SMILES string of the molecule is O=C(O)c1cccc(CC(=O)c2[nH]nc3ncccc23)c1. The van der Waals surface area contributed by atoms with E-state index in [9.17, 15) is 9.59 Å². The fraction of sp³-hybridized carbons (Fsp3) is 0.0667. The Kier molecular flexibility index (Phi) is 3.19.